The molecule has 1 heterocycles. The molecule has 1 N–H and O–H groups in total. The van der Waals surface area contributed by atoms with Crippen molar-refractivity contribution in [3.8, 4) is 0 Å². The van der Waals surface area contributed by atoms with Crippen molar-refractivity contribution in [1.82, 2.24) is 5.32 Å². The topological polar surface area (TPSA) is 12.0 Å². The number of hydrogen-bond acceptors (Lipinski definition) is 1. The van der Waals surface area contributed by atoms with Crippen LogP contribution in [0.3, 0.4) is 0 Å². The van der Waals surface area contributed by atoms with Crippen LogP contribution in [0.1, 0.15) is 40.0 Å². The van der Waals surface area contributed by atoms with Crippen LogP contribution in [-0.4, -0.2) is 13.1 Å². The molecular weight excluding hydrogens is 194 g/mol. The molecule has 2 rings (SSSR count). The van der Waals surface area contributed by atoms with Crippen LogP contribution in [0.2, 0.25) is 0 Å². The van der Waals surface area contributed by atoms with E-state index in [9.17, 15) is 0 Å². The quantitative estimate of drug-likeness (QED) is 0.765. The van der Waals surface area contributed by atoms with Crippen molar-refractivity contribution in [1.29, 1.82) is 0 Å². The van der Waals surface area contributed by atoms with E-state index in [4.69, 9.17) is 0 Å². The molecule has 2 atom stereocenters. The van der Waals surface area contributed by atoms with E-state index in [0.717, 1.165) is 17.8 Å². The van der Waals surface area contributed by atoms with Gasteiger partial charge in [-0.3, -0.25) is 0 Å². The van der Waals surface area contributed by atoms with Gasteiger partial charge in [0.1, 0.15) is 0 Å². The van der Waals surface area contributed by atoms with Crippen LogP contribution in [0.4, 0.5) is 0 Å². The maximum absolute atomic E-state index is 3.48. The third-order valence-corrected chi connectivity index (χ3v) is 4.35. The Morgan fingerprint density at radius 3 is 2.31 bits per heavy atom. The molecule has 1 aliphatic heterocycles. The van der Waals surface area contributed by atoms with Gasteiger partial charge in [-0.05, 0) is 50.1 Å². The van der Waals surface area contributed by atoms with Gasteiger partial charge >= 0.3 is 0 Å². The maximum atomic E-state index is 3.48. The molecule has 2 unspecified atom stereocenters. The molecule has 0 aromatic rings. The van der Waals surface area contributed by atoms with E-state index in [1.165, 1.54) is 32.4 Å². The van der Waals surface area contributed by atoms with Crippen molar-refractivity contribution in [2.75, 3.05) is 13.1 Å². The Labute approximate surface area is 100 Å². The number of allylic oxidation sites excluding steroid dienone is 4. The minimum atomic E-state index is 0.723. The summed E-state index contributed by atoms with van der Waals surface area (Å²) in [6, 6.07) is 0. The highest BCUT2D eigenvalue weighted by Gasteiger charge is 2.24. The molecule has 2 aliphatic rings. The fraction of sp³-hybridized carbons (Fsp3) is 0.733. The summed E-state index contributed by atoms with van der Waals surface area (Å²) in [7, 11) is 0. The lowest BCUT2D eigenvalue weighted by Crippen LogP contribution is -2.18. The van der Waals surface area contributed by atoms with E-state index in [-0.39, 0.29) is 0 Å². The van der Waals surface area contributed by atoms with Crippen LogP contribution >= 0.6 is 0 Å². The zero-order valence-electron chi connectivity index (χ0n) is 10.9. The highest BCUT2D eigenvalue weighted by Crippen LogP contribution is 2.33. The second kappa shape index (κ2) is 5.18. The summed E-state index contributed by atoms with van der Waals surface area (Å²) in [4.78, 5) is 0. The molecule has 0 amide bonds. The lowest BCUT2D eigenvalue weighted by Gasteiger charge is -2.25. The summed E-state index contributed by atoms with van der Waals surface area (Å²) in [5, 5.41) is 3.48. The smallest absolute Gasteiger partial charge is 0.00144 e. The lowest BCUT2D eigenvalue weighted by atomic mass is 9.80. The van der Waals surface area contributed by atoms with Gasteiger partial charge in [-0.1, -0.05) is 44.1 Å². The lowest BCUT2D eigenvalue weighted by molar-refractivity contribution is 0.426. The average Bonchev–Trinajstić information content (AvgIpc) is 2.81. The van der Waals surface area contributed by atoms with Gasteiger partial charge in [0, 0.05) is 0 Å². The van der Waals surface area contributed by atoms with E-state index >= 15 is 0 Å². The second-order valence-electron chi connectivity index (χ2n) is 5.68. The van der Waals surface area contributed by atoms with Crippen LogP contribution in [0.5, 0.6) is 0 Å². The van der Waals surface area contributed by atoms with E-state index in [2.05, 4.69) is 38.2 Å². The third-order valence-electron chi connectivity index (χ3n) is 4.35. The third kappa shape index (κ3) is 2.57. The first-order valence-electron chi connectivity index (χ1n) is 6.78. The largest absolute Gasteiger partial charge is 0.316 e. The van der Waals surface area contributed by atoms with Gasteiger partial charge in [0.25, 0.3) is 0 Å². The molecule has 1 nitrogen and oxygen atoms in total. The van der Waals surface area contributed by atoms with E-state index in [0.29, 0.717) is 0 Å². The maximum Gasteiger partial charge on any atom is -0.00144 e. The van der Waals surface area contributed by atoms with Crippen molar-refractivity contribution in [2.45, 2.75) is 40.0 Å². The zero-order chi connectivity index (χ0) is 11.5. The standard InChI is InChI=1S/C15H25N/c1-11(2)13-4-6-14(7-5-13)12(3)15-8-9-16-10-15/h4,6,11-12,15-16H,5,7-10H2,1-3H3. The van der Waals surface area contributed by atoms with Crippen molar-refractivity contribution in [3.63, 3.8) is 0 Å². The molecule has 1 fully saturated rings. The minimum Gasteiger partial charge on any atom is -0.316 e. The van der Waals surface area contributed by atoms with Crippen molar-refractivity contribution in [2.24, 2.45) is 17.8 Å². The Bertz CT molecular complexity index is 293. The monoisotopic (exact) mass is 219 g/mol. The predicted octanol–water partition coefficient (Wildman–Crippen LogP) is 3.53. The second-order valence-corrected chi connectivity index (χ2v) is 5.68. The van der Waals surface area contributed by atoms with E-state index in [1.807, 2.05) is 0 Å². The van der Waals surface area contributed by atoms with E-state index in [1.54, 1.807) is 11.1 Å². The Hall–Kier alpha value is -0.560. The van der Waals surface area contributed by atoms with Crippen LogP contribution in [0, 0.1) is 17.8 Å². The number of rotatable bonds is 3. The van der Waals surface area contributed by atoms with Crippen molar-refractivity contribution in [3.05, 3.63) is 23.3 Å². The van der Waals surface area contributed by atoms with E-state index < -0.39 is 0 Å². The Morgan fingerprint density at radius 1 is 1.12 bits per heavy atom. The fourth-order valence-electron chi connectivity index (χ4n) is 2.94. The zero-order valence-corrected chi connectivity index (χ0v) is 10.9. The predicted molar refractivity (Wildman–Crippen MR) is 70.4 cm³/mol. The summed E-state index contributed by atoms with van der Waals surface area (Å²) in [6.07, 6.45) is 8.72. The molecule has 1 heteroatoms. The molecule has 90 valence electrons. The van der Waals surface area contributed by atoms with Gasteiger partial charge in [-0.15, -0.1) is 0 Å². The molecule has 0 spiro atoms. The first-order chi connectivity index (χ1) is 7.68. The normalized spacial score (nSPS) is 27.9. The molecule has 0 radical (unpaired) electrons. The van der Waals surface area contributed by atoms with Crippen LogP contribution < -0.4 is 5.32 Å². The highest BCUT2D eigenvalue weighted by molar-refractivity contribution is 5.26. The number of hydrogen-bond donors (Lipinski definition) is 1. The van der Waals surface area contributed by atoms with Crippen LogP contribution in [0.25, 0.3) is 0 Å². The summed E-state index contributed by atoms with van der Waals surface area (Å²) in [5.41, 5.74) is 3.30. The van der Waals surface area contributed by atoms with Gasteiger partial charge in [0.05, 0.1) is 0 Å². The summed E-state index contributed by atoms with van der Waals surface area (Å²) < 4.78 is 0. The highest BCUT2D eigenvalue weighted by atomic mass is 14.9. The molecule has 0 aromatic carbocycles. The van der Waals surface area contributed by atoms with Crippen LogP contribution in [-0.2, 0) is 0 Å². The summed E-state index contributed by atoms with van der Waals surface area (Å²) in [5.74, 6) is 2.38. The minimum absolute atomic E-state index is 0.723. The molecule has 16 heavy (non-hydrogen) atoms. The van der Waals surface area contributed by atoms with Gasteiger partial charge < -0.3 is 5.32 Å². The molecular formula is C15H25N. The molecule has 0 saturated carbocycles. The van der Waals surface area contributed by atoms with Crippen molar-refractivity contribution >= 4 is 0 Å². The van der Waals surface area contributed by atoms with Gasteiger partial charge in [0.15, 0.2) is 0 Å². The van der Waals surface area contributed by atoms with Crippen molar-refractivity contribution < 1.29 is 0 Å². The fourth-order valence-corrected chi connectivity index (χ4v) is 2.94. The van der Waals surface area contributed by atoms with Gasteiger partial charge in [-0.25, -0.2) is 0 Å². The summed E-state index contributed by atoms with van der Waals surface area (Å²) in [6.45, 7) is 9.45. The first kappa shape index (κ1) is 11.9. The molecule has 0 bridgehead atoms. The number of nitrogens with one attached hydrogen (secondary N) is 1. The van der Waals surface area contributed by atoms with Crippen LogP contribution in [0.15, 0.2) is 23.3 Å². The SMILES string of the molecule is CC(C)C1=CC=C(C(C)C2CCNC2)CC1. The first-order valence-corrected chi connectivity index (χ1v) is 6.78. The Morgan fingerprint density at radius 2 is 1.81 bits per heavy atom. The summed E-state index contributed by atoms with van der Waals surface area (Å²) >= 11 is 0. The van der Waals surface area contributed by atoms with Gasteiger partial charge in [-0.2, -0.15) is 0 Å². The van der Waals surface area contributed by atoms with Gasteiger partial charge in [0.2, 0.25) is 0 Å². The Kier molecular flexibility index (Phi) is 3.86. The average molecular weight is 219 g/mol. The molecule has 0 aromatic heterocycles. The Balaban J connectivity index is 2.00. The molecule has 1 saturated heterocycles. The molecule has 1 aliphatic carbocycles.